The van der Waals surface area contributed by atoms with Gasteiger partial charge in [0.05, 0.1) is 11.8 Å². The second-order valence-electron chi connectivity index (χ2n) is 5.05. The summed E-state index contributed by atoms with van der Waals surface area (Å²) in [5, 5.41) is 3.49. The van der Waals surface area contributed by atoms with Crippen molar-refractivity contribution in [1.29, 1.82) is 0 Å². The zero-order valence-corrected chi connectivity index (χ0v) is 14.9. The number of carbonyl (C=O) groups excluding carboxylic acids is 1. The number of amides is 1. The third-order valence-electron chi connectivity index (χ3n) is 3.35. The first-order valence-corrected chi connectivity index (χ1v) is 8.93. The Morgan fingerprint density at radius 1 is 1.26 bits per heavy atom. The van der Waals surface area contributed by atoms with E-state index in [1.54, 1.807) is 0 Å². The van der Waals surface area contributed by atoms with Crippen molar-refractivity contribution in [3.05, 3.63) is 58.6 Å². The summed E-state index contributed by atoms with van der Waals surface area (Å²) >= 11 is 4.79. The Bertz CT molecular complexity index is 801. The number of thioether (sulfide) groups is 1. The number of nitrogens with zero attached hydrogens (tertiary/aromatic N) is 1. The van der Waals surface area contributed by atoms with E-state index >= 15 is 0 Å². The second kappa shape index (κ2) is 7.19. The molecule has 0 spiro atoms. The lowest BCUT2D eigenvalue weighted by Gasteiger charge is -2.15. The standard InChI is InChI=1S/C17H15BrN2O2S/c1-11(12-6-2-3-7-13(12)18)19-16(21)10-23-17-20-14-8-4-5-9-15(14)22-17/h2-9,11H,10H2,1H3,(H,19,21)/t11-/m1/s1. The molecule has 4 nitrogen and oxygen atoms in total. The maximum Gasteiger partial charge on any atom is 0.257 e. The number of nitrogens with one attached hydrogen (secondary N) is 1. The molecule has 0 bridgehead atoms. The van der Waals surface area contributed by atoms with Crippen LogP contribution in [-0.4, -0.2) is 16.6 Å². The smallest absolute Gasteiger partial charge is 0.257 e. The van der Waals surface area contributed by atoms with Crippen molar-refractivity contribution in [3.63, 3.8) is 0 Å². The highest BCUT2D eigenvalue weighted by Crippen LogP contribution is 2.24. The number of oxazole rings is 1. The lowest BCUT2D eigenvalue weighted by molar-refractivity contribution is -0.119. The van der Waals surface area contributed by atoms with E-state index in [1.165, 1.54) is 11.8 Å². The maximum absolute atomic E-state index is 12.1. The third-order valence-corrected chi connectivity index (χ3v) is 4.90. The van der Waals surface area contributed by atoms with Gasteiger partial charge in [-0.3, -0.25) is 4.79 Å². The van der Waals surface area contributed by atoms with Crippen molar-refractivity contribution in [2.24, 2.45) is 0 Å². The van der Waals surface area contributed by atoms with Crippen LogP contribution in [0.25, 0.3) is 11.1 Å². The molecular formula is C17H15BrN2O2S. The zero-order valence-electron chi connectivity index (χ0n) is 12.5. The minimum absolute atomic E-state index is 0.0551. The topological polar surface area (TPSA) is 55.1 Å². The molecule has 0 aliphatic rings. The minimum Gasteiger partial charge on any atom is -0.431 e. The predicted octanol–water partition coefficient (Wildman–Crippen LogP) is 4.56. The zero-order chi connectivity index (χ0) is 16.2. The third kappa shape index (κ3) is 3.95. The normalized spacial score (nSPS) is 12.3. The van der Waals surface area contributed by atoms with Gasteiger partial charge in [0.25, 0.3) is 5.22 Å². The summed E-state index contributed by atoms with van der Waals surface area (Å²) in [7, 11) is 0. The summed E-state index contributed by atoms with van der Waals surface area (Å²) in [6, 6.07) is 15.3. The average molecular weight is 391 g/mol. The number of para-hydroxylation sites is 2. The summed E-state index contributed by atoms with van der Waals surface area (Å²) in [5.41, 5.74) is 2.58. The van der Waals surface area contributed by atoms with Crippen molar-refractivity contribution in [1.82, 2.24) is 10.3 Å². The molecule has 0 aliphatic heterocycles. The number of fused-ring (bicyclic) bond motifs is 1. The largest absolute Gasteiger partial charge is 0.431 e. The summed E-state index contributed by atoms with van der Waals surface area (Å²) in [4.78, 5) is 16.5. The fraction of sp³-hybridized carbons (Fsp3) is 0.176. The van der Waals surface area contributed by atoms with E-state index in [2.05, 4.69) is 26.2 Å². The molecule has 0 radical (unpaired) electrons. The molecule has 1 amide bonds. The van der Waals surface area contributed by atoms with Gasteiger partial charge in [0.2, 0.25) is 5.91 Å². The summed E-state index contributed by atoms with van der Waals surface area (Å²) in [6.45, 7) is 1.96. The van der Waals surface area contributed by atoms with E-state index in [-0.39, 0.29) is 17.7 Å². The Morgan fingerprint density at radius 3 is 2.78 bits per heavy atom. The van der Waals surface area contributed by atoms with Crippen LogP contribution in [0.5, 0.6) is 0 Å². The average Bonchev–Trinajstić information content (AvgIpc) is 2.96. The van der Waals surface area contributed by atoms with E-state index in [1.807, 2.05) is 55.5 Å². The van der Waals surface area contributed by atoms with E-state index in [0.717, 1.165) is 21.1 Å². The monoisotopic (exact) mass is 390 g/mol. The van der Waals surface area contributed by atoms with Crippen LogP contribution in [0.4, 0.5) is 0 Å². The molecule has 2 aromatic carbocycles. The van der Waals surface area contributed by atoms with Crippen molar-refractivity contribution in [2.45, 2.75) is 18.2 Å². The molecule has 0 aliphatic carbocycles. The van der Waals surface area contributed by atoms with Crippen LogP contribution in [0, 0.1) is 0 Å². The molecule has 1 atom stereocenters. The molecular weight excluding hydrogens is 376 g/mol. The Hall–Kier alpha value is -1.79. The molecule has 0 unspecified atom stereocenters. The van der Waals surface area contributed by atoms with Crippen LogP contribution in [-0.2, 0) is 4.79 Å². The van der Waals surface area contributed by atoms with Gasteiger partial charge in [-0.2, -0.15) is 0 Å². The van der Waals surface area contributed by atoms with E-state index in [4.69, 9.17) is 4.42 Å². The van der Waals surface area contributed by atoms with Crippen LogP contribution >= 0.6 is 27.7 Å². The molecule has 0 saturated heterocycles. The van der Waals surface area contributed by atoms with Gasteiger partial charge in [-0.25, -0.2) is 4.98 Å². The minimum atomic E-state index is -0.0673. The fourth-order valence-corrected chi connectivity index (χ4v) is 3.50. The highest BCUT2D eigenvalue weighted by molar-refractivity contribution is 9.10. The molecule has 6 heteroatoms. The Balaban J connectivity index is 1.58. The van der Waals surface area contributed by atoms with E-state index < -0.39 is 0 Å². The summed E-state index contributed by atoms with van der Waals surface area (Å²) in [6.07, 6.45) is 0. The first-order chi connectivity index (χ1) is 11.1. The number of halogens is 1. The van der Waals surface area contributed by atoms with Gasteiger partial charge in [0.15, 0.2) is 5.58 Å². The van der Waals surface area contributed by atoms with Crippen molar-refractivity contribution < 1.29 is 9.21 Å². The molecule has 1 N–H and O–H groups in total. The molecule has 3 rings (SSSR count). The number of hydrogen-bond acceptors (Lipinski definition) is 4. The van der Waals surface area contributed by atoms with Crippen molar-refractivity contribution in [2.75, 3.05) is 5.75 Å². The number of rotatable bonds is 5. The first-order valence-electron chi connectivity index (χ1n) is 7.15. The van der Waals surface area contributed by atoms with E-state index in [0.29, 0.717) is 5.22 Å². The Morgan fingerprint density at radius 2 is 2.00 bits per heavy atom. The summed E-state index contributed by atoms with van der Waals surface area (Å²) < 4.78 is 6.58. The van der Waals surface area contributed by atoms with Gasteiger partial charge in [-0.05, 0) is 30.7 Å². The first kappa shape index (κ1) is 16.1. The van der Waals surface area contributed by atoms with Crippen LogP contribution < -0.4 is 5.32 Å². The van der Waals surface area contributed by atoms with Gasteiger partial charge in [0.1, 0.15) is 5.52 Å². The van der Waals surface area contributed by atoms with E-state index in [9.17, 15) is 4.79 Å². The van der Waals surface area contributed by atoms with Crippen molar-refractivity contribution >= 4 is 44.7 Å². The Labute approximate surface area is 146 Å². The second-order valence-corrected chi connectivity index (χ2v) is 6.83. The van der Waals surface area contributed by atoms with Crippen LogP contribution in [0.2, 0.25) is 0 Å². The lowest BCUT2D eigenvalue weighted by atomic mass is 10.1. The molecule has 0 fully saturated rings. The molecule has 23 heavy (non-hydrogen) atoms. The van der Waals surface area contributed by atoms with Crippen LogP contribution in [0.3, 0.4) is 0 Å². The van der Waals surface area contributed by atoms with Gasteiger partial charge in [-0.15, -0.1) is 0 Å². The number of carbonyl (C=O) groups is 1. The lowest BCUT2D eigenvalue weighted by Crippen LogP contribution is -2.28. The number of benzene rings is 2. The maximum atomic E-state index is 12.1. The van der Waals surface area contributed by atoms with Crippen LogP contribution in [0.1, 0.15) is 18.5 Å². The summed E-state index contributed by atoms with van der Waals surface area (Å²) in [5.74, 6) is 0.210. The highest BCUT2D eigenvalue weighted by atomic mass is 79.9. The van der Waals surface area contributed by atoms with Gasteiger partial charge in [-0.1, -0.05) is 58.0 Å². The molecule has 3 aromatic rings. The van der Waals surface area contributed by atoms with Gasteiger partial charge < -0.3 is 9.73 Å². The van der Waals surface area contributed by atoms with Gasteiger partial charge >= 0.3 is 0 Å². The predicted molar refractivity (Wildman–Crippen MR) is 95.4 cm³/mol. The molecule has 0 saturated carbocycles. The van der Waals surface area contributed by atoms with Crippen molar-refractivity contribution in [3.8, 4) is 0 Å². The molecule has 1 heterocycles. The SMILES string of the molecule is C[C@@H](NC(=O)CSc1nc2ccccc2o1)c1ccccc1Br. The molecule has 118 valence electrons. The highest BCUT2D eigenvalue weighted by Gasteiger charge is 2.13. The van der Waals surface area contributed by atoms with Gasteiger partial charge in [0, 0.05) is 4.47 Å². The molecule has 1 aromatic heterocycles. The number of hydrogen-bond donors (Lipinski definition) is 1. The fourth-order valence-electron chi connectivity index (χ4n) is 2.23. The quantitative estimate of drug-likeness (QED) is 0.648. The Kier molecular flexibility index (Phi) is 5.03. The number of aromatic nitrogens is 1. The van der Waals surface area contributed by atoms with Crippen LogP contribution in [0.15, 0.2) is 62.6 Å².